The van der Waals surface area contributed by atoms with Crippen LogP contribution in [0, 0.1) is 0 Å². The summed E-state index contributed by atoms with van der Waals surface area (Å²) in [5, 5.41) is 4.05. The number of fused-ring (bicyclic) bond motifs is 1. The molecule has 6 nitrogen and oxygen atoms in total. The van der Waals surface area contributed by atoms with Gasteiger partial charge in [0.15, 0.2) is 5.69 Å². The normalized spacial score (nSPS) is 18.4. The Morgan fingerprint density at radius 1 is 1.19 bits per heavy atom. The lowest BCUT2D eigenvalue weighted by atomic mass is 10.0. The lowest BCUT2D eigenvalue weighted by Gasteiger charge is -2.37. The molecular weight excluding hydrogens is 347 g/mol. The maximum atomic E-state index is 13.3. The summed E-state index contributed by atoms with van der Waals surface area (Å²) in [6.07, 6.45) is -2.69. The number of alkyl halides is 3. The van der Waals surface area contributed by atoms with Gasteiger partial charge in [-0.2, -0.15) is 27.8 Å². The van der Waals surface area contributed by atoms with Crippen molar-refractivity contribution in [3.8, 4) is 0 Å². The van der Waals surface area contributed by atoms with Crippen molar-refractivity contribution in [1.29, 1.82) is 0 Å². The molecule has 1 aromatic carbocycles. The average Bonchev–Trinajstić information content (AvgIpc) is 3.10. The van der Waals surface area contributed by atoms with Crippen LogP contribution < -0.4 is 4.90 Å². The van der Waals surface area contributed by atoms with Gasteiger partial charge in [-0.1, -0.05) is 30.3 Å². The molecule has 0 spiro atoms. The van der Waals surface area contributed by atoms with E-state index >= 15 is 0 Å². The van der Waals surface area contributed by atoms with Gasteiger partial charge in [0.05, 0.1) is 19.3 Å². The number of hydrogen-bond donors (Lipinski definition) is 0. The number of halogens is 3. The van der Waals surface area contributed by atoms with Crippen LogP contribution in [0.25, 0.3) is 5.78 Å². The van der Waals surface area contributed by atoms with Crippen molar-refractivity contribution in [2.24, 2.45) is 0 Å². The Morgan fingerprint density at radius 3 is 2.77 bits per heavy atom. The highest BCUT2D eigenvalue weighted by Gasteiger charge is 2.35. The Hall–Kier alpha value is -2.68. The van der Waals surface area contributed by atoms with Crippen LogP contribution in [0.3, 0.4) is 0 Å². The van der Waals surface area contributed by atoms with Gasteiger partial charge < -0.3 is 9.64 Å². The fraction of sp³-hybridized carbons (Fsp3) is 0.353. The Morgan fingerprint density at radius 2 is 2.00 bits per heavy atom. The molecule has 136 valence electrons. The number of ether oxygens (including phenoxy) is 1. The Labute approximate surface area is 147 Å². The number of nitrogens with zero attached hydrogens (tertiary/aromatic N) is 5. The lowest BCUT2D eigenvalue weighted by molar-refractivity contribution is -0.141. The quantitative estimate of drug-likeness (QED) is 0.716. The summed E-state index contributed by atoms with van der Waals surface area (Å²) in [6, 6.07) is 10.7. The molecule has 1 aliphatic heterocycles. The zero-order valence-corrected chi connectivity index (χ0v) is 13.7. The van der Waals surface area contributed by atoms with Crippen LogP contribution in [0.15, 0.2) is 42.7 Å². The Balaban J connectivity index is 1.75. The first-order valence-electron chi connectivity index (χ1n) is 8.18. The molecule has 1 saturated heterocycles. The highest BCUT2D eigenvalue weighted by atomic mass is 19.4. The van der Waals surface area contributed by atoms with Crippen LogP contribution in [0.1, 0.15) is 11.3 Å². The molecule has 9 heteroatoms. The van der Waals surface area contributed by atoms with Gasteiger partial charge in [-0.05, 0) is 12.0 Å². The van der Waals surface area contributed by atoms with E-state index in [0.717, 1.165) is 11.6 Å². The molecule has 0 unspecified atom stereocenters. The van der Waals surface area contributed by atoms with Crippen LogP contribution in [-0.4, -0.2) is 45.4 Å². The van der Waals surface area contributed by atoms with E-state index in [9.17, 15) is 13.2 Å². The second-order valence-electron chi connectivity index (χ2n) is 6.08. The maximum absolute atomic E-state index is 13.3. The number of rotatable bonds is 3. The first kappa shape index (κ1) is 16.8. The van der Waals surface area contributed by atoms with Crippen LogP contribution >= 0.6 is 0 Å². The smallest absolute Gasteiger partial charge is 0.377 e. The molecule has 4 rings (SSSR count). The third kappa shape index (κ3) is 3.22. The number of anilines is 1. The van der Waals surface area contributed by atoms with Gasteiger partial charge in [-0.3, -0.25) is 0 Å². The summed E-state index contributed by atoms with van der Waals surface area (Å²) in [4.78, 5) is 9.32. The SMILES string of the molecule is FC(F)(F)c1cc(N2CCOC[C@@H]2Cc2ccccc2)n2ncnc2n1. The van der Waals surface area contributed by atoms with E-state index in [-0.39, 0.29) is 11.8 Å². The standard InChI is InChI=1S/C17H16F3N5O/c18-17(19,20)14-9-15(25-16(23-14)21-11-22-25)24-6-7-26-10-13(24)8-12-4-2-1-3-5-12/h1-5,9,11,13H,6-8,10H2/t13-/m0/s1. The van der Waals surface area contributed by atoms with Gasteiger partial charge in [0.25, 0.3) is 5.78 Å². The number of aromatic nitrogens is 4. The summed E-state index contributed by atoms with van der Waals surface area (Å²) in [7, 11) is 0. The molecule has 0 saturated carbocycles. The fourth-order valence-corrected chi connectivity index (χ4v) is 3.16. The molecule has 3 aromatic rings. The van der Waals surface area contributed by atoms with E-state index < -0.39 is 11.9 Å². The Bertz CT molecular complexity index is 896. The van der Waals surface area contributed by atoms with Crippen molar-refractivity contribution >= 4 is 11.6 Å². The molecule has 26 heavy (non-hydrogen) atoms. The summed E-state index contributed by atoms with van der Waals surface area (Å²) in [6.45, 7) is 1.33. The largest absolute Gasteiger partial charge is 0.433 e. The van der Waals surface area contributed by atoms with E-state index in [4.69, 9.17) is 4.74 Å². The highest BCUT2D eigenvalue weighted by molar-refractivity contribution is 5.49. The van der Waals surface area contributed by atoms with Gasteiger partial charge in [0.1, 0.15) is 12.1 Å². The van der Waals surface area contributed by atoms with Crippen molar-refractivity contribution in [2.75, 3.05) is 24.7 Å². The molecule has 1 atom stereocenters. The average molecular weight is 363 g/mol. The van der Waals surface area contributed by atoms with Crippen molar-refractivity contribution < 1.29 is 17.9 Å². The maximum Gasteiger partial charge on any atom is 0.433 e. The molecule has 0 bridgehead atoms. The minimum Gasteiger partial charge on any atom is -0.377 e. The minimum absolute atomic E-state index is 0.0697. The summed E-state index contributed by atoms with van der Waals surface area (Å²) < 4.78 is 46.7. The van der Waals surface area contributed by atoms with Crippen molar-refractivity contribution in [3.63, 3.8) is 0 Å². The van der Waals surface area contributed by atoms with Gasteiger partial charge in [0.2, 0.25) is 0 Å². The van der Waals surface area contributed by atoms with Crippen molar-refractivity contribution in [3.05, 3.63) is 54.0 Å². The van der Waals surface area contributed by atoms with E-state index in [2.05, 4.69) is 15.1 Å². The fourth-order valence-electron chi connectivity index (χ4n) is 3.16. The van der Waals surface area contributed by atoms with E-state index in [1.807, 2.05) is 35.2 Å². The van der Waals surface area contributed by atoms with Gasteiger partial charge >= 0.3 is 6.18 Å². The first-order valence-corrected chi connectivity index (χ1v) is 8.18. The third-order valence-corrected chi connectivity index (χ3v) is 4.36. The van der Waals surface area contributed by atoms with Crippen LogP contribution in [0.5, 0.6) is 0 Å². The van der Waals surface area contributed by atoms with Crippen LogP contribution in [0.4, 0.5) is 19.0 Å². The second kappa shape index (κ2) is 6.56. The van der Waals surface area contributed by atoms with Gasteiger partial charge in [0, 0.05) is 12.6 Å². The van der Waals surface area contributed by atoms with E-state index in [1.165, 1.54) is 10.8 Å². The minimum atomic E-state index is -4.55. The first-order chi connectivity index (χ1) is 12.5. The zero-order valence-electron chi connectivity index (χ0n) is 13.7. The topological polar surface area (TPSA) is 55.6 Å². The third-order valence-electron chi connectivity index (χ3n) is 4.36. The monoisotopic (exact) mass is 363 g/mol. The molecule has 3 heterocycles. The summed E-state index contributed by atoms with van der Waals surface area (Å²) >= 11 is 0. The predicted octanol–water partition coefficient (Wildman–Crippen LogP) is 2.59. The van der Waals surface area contributed by atoms with Gasteiger partial charge in [-0.15, -0.1) is 0 Å². The molecule has 0 N–H and O–H groups in total. The van der Waals surface area contributed by atoms with E-state index in [0.29, 0.717) is 32.0 Å². The zero-order chi connectivity index (χ0) is 18.1. The van der Waals surface area contributed by atoms with Crippen LogP contribution in [0.2, 0.25) is 0 Å². The number of hydrogen-bond acceptors (Lipinski definition) is 5. The lowest BCUT2D eigenvalue weighted by Crippen LogP contribution is -2.47. The van der Waals surface area contributed by atoms with Crippen LogP contribution in [-0.2, 0) is 17.3 Å². The second-order valence-corrected chi connectivity index (χ2v) is 6.08. The van der Waals surface area contributed by atoms with Crippen molar-refractivity contribution in [2.45, 2.75) is 18.6 Å². The summed E-state index contributed by atoms with van der Waals surface area (Å²) in [5.74, 6) is 0.254. The van der Waals surface area contributed by atoms with E-state index in [1.54, 1.807) is 0 Å². The molecule has 1 aliphatic rings. The predicted molar refractivity (Wildman–Crippen MR) is 87.9 cm³/mol. The molecule has 2 aromatic heterocycles. The molecule has 0 aliphatic carbocycles. The number of benzene rings is 1. The molecule has 1 fully saturated rings. The number of morpholine rings is 1. The molecule has 0 amide bonds. The summed E-state index contributed by atoms with van der Waals surface area (Å²) in [5.41, 5.74) is 0.117. The highest BCUT2D eigenvalue weighted by Crippen LogP contribution is 2.31. The molecule has 0 radical (unpaired) electrons. The van der Waals surface area contributed by atoms with Crippen molar-refractivity contribution in [1.82, 2.24) is 19.6 Å². The Kier molecular flexibility index (Phi) is 4.23. The van der Waals surface area contributed by atoms with Gasteiger partial charge in [-0.25, -0.2) is 4.98 Å². The molecular formula is C17H16F3N5O.